The van der Waals surface area contributed by atoms with Gasteiger partial charge < -0.3 is 4.98 Å². The Morgan fingerprint density at radius 3 is 2.06 bits per heavy atom. The van der Waals surface area contributed by atoms with Gasteiger partial charge in [0, 0.05) is 6.07 Å². The number of rotatable bonds is 1. The maximum atomic E-state index is 11.2. The average Bonchev–Trinajstić information content (AvgIpc) is 2.27. The van der Waals surface area contributed by atoms with E-state index < -0.39 is 11.2 Å². The molecule has 1 aromatic heterocycles. The molecule has 94 valence electrons. The molecule has 0 saturated carbocycles. The highest BCUT2D eigenvalue weighted by Gasteiger charge is 2.13. The quantitative estimate of drug-likeness (QED) is 0.806. The molecule has 0 saturated heterocycles. The van der Waals surface area contributed by atoms with Crippen molar-refractivity contribution in [3.8, 4) is 11.3 Å². The molecule has 0 fully saturated rings. The number of hydrogen-bond donors (Lipinski definition) is 2. The van der Waals surface area contributed by atoms with Gasteiger partial charge in [-0.05, 0) is 16.5 Å². The van der Waals surface area contributed by atoms with Crippen LogP contribution in [0.25, 0.3) is 11.3 Å². The van der Waals surface area contributed by atoms with Crippen molar-refractivity contribution in [1.82, 2.24) is 9.97 Å². The minimum absolute atomic E-state index is 0.0834. The summed E-state index contributed by atoms with van der Waals surface area (Å²) in [6, 6.07) is 9.22. The van der Waals surface area contributed by atoms with Crippen LogP contribution in [0.4, 0.5) is 0 Å². The van der Waals surface area contributed by atoms with Gasteiger partial charge in [0.15, 0.2) is 0 Å². The van der Waals surface area contributed by atoms with Gasteiger partial charge in [-0.25, -0.2) is 4.79 Å². The van der Waals surface area contributed by atoms with E-state index in [0.717, 1.165) is 5.56 Å². The van der Waals surface area contributed by atoms with E-state index in [2.05, 4.69) is 30.7 Å². The normalized spacial score (nSPS) is 11.5. The van der Waals surface area contributed by atoms with Crippen molar-refractivity contribution in [3.63, 3.8) is 0 Å². The Kier molecular flexibility index (Phi) is 2.95. The summed E-state index contributed by atoms with van der Waals surface area (Å²) in [4.78, 5) is 27.2. The molecule has 0 bridgehead atoms. The molecule has 0 radical (unpaired) electrons. The first-order valence-corrected chi connectivity index (χ1v) is 5.81. The number of H-pyrrole nitrogens is 2. The molecule has 0 unspecified atom stereocenters. The molecule has 2 aromatic rings. The second-order valence-electron chi connectivity index (χ2n) is 5.33. The molecule has 1 heterocycles. The zero-order valence-electron chi connectivity index (χ0n) is 10.7. The highest BCUT2D eigenvalue weighted by molar-refractivity contribution is 5.58. The second-order valence-corrected chi connectivity index (χ2v) is 5.33. The largest absolute Gasteiger partial charge is 0.326 e. The van der Waals surface area contributed by atoms with Crippen molar-refractivity contribution in [3.05, 3.63) is 56.7 Å². The third-order valence-corrected chi connectivity index (χ3v) is 2.82. The zero-order chi connectivity index (χ0) is 13.3. The number of hydrogen-bond acceptors (Lipinski definition) is 2. The van der Waals surface area contributed by atoms with Crippen LogP contribution in [0, 0.1) is 0 Å². The lowest BCUT2D eigenvalue weighted by atomic mass is 9.86. The van der Waals surface area contributed by atoms with Crippen LogP contribution in [0.3, 0.4) is 0 Å². The van der Waals surface area contributed by atoms with Gasteiger partial charge in [-0.2, -0.15) is 0 Å². The molecule has 4 heteroatoms. The predicted molar refractivity (Wildman–Crippen MR) is 71.8 cm³/mol. The third-order valence-electron chi connectivity index (χ3n) is 2.82. The van der Waals surface area contributed by atoms with Crippen molar-refractivity contribution >= 4 is 0 Å². The van der Waals surface area contributed by atoms with Crippen LogP contribution >= 0.6 is 0 Å². The molecule has 0 aliphatic carbocycles. The summed E-state index contributed by atoms with van der Waals surface area (Å²) in [7, 11) is 0. The molecule has 1 aromatic carbocycles. The van der Waals surface area contributed by atoms with Gasteiger partial charge in [0.2, 0.25) is 0 Å². The average molecular weight is 244 g/mol. The minimum Gasteiger partial charge on any atom is -0.307 e. The minimum atomic E-state index is -0.489. The molecular weight excluding hydrogens is 228 g/mol. The van der Waals surface area contributed by atoms with Crippen LogP contribution in [-0.2, 0) is 5.41 Å². The van der Waals surface area contributed by atoms with E-state index in [1.807, 2.05) is 24.3 Å². The molecular formula is C14H16N2O2. The number of nitrogens with one attached hydrogen (secondary N) is 2. The number of aromatic amines is 2. The first-order chi connectivity index (χ1) is 8.36. The third kappa shape index (κ3) is 2.59. The van der Waals surface area contributed by atoms with Gasteiger partial charge in [-0.1, -0.05) is 45.0 Å². The summed E-state index contributed by atoms with van der Waals surface area (Å²) in [5.74, 6) is 0. The fraction of sp³-hybridized carbons (Fsp3) is 0.286. The maximum Gasteiger partial charge on any atom is 0.326 e. The maximum absolute atomic E-state index is 11.2. The summed E-state index contributed by atoms with van der Waals surface area (Å²) in [6.45, 7) is 6.41. The van der Waals surface area contributed by atoms with E-state index in [-0.39, 0.29) is 5.41 Å². The predicted octanol–water partition coefficient (Wildman–Crippen LogP) is 2.03. The fourth-order valence-electron chi connectivity index (χ4n) is 1.77. The van der Waals surface area contributed by atoms with Crippen LogP contribution in [0.5, 0.6) is 0 Å². The molecule has 2 rings (SSSR count). The van der Waals surface area contributed by atoms with Crippen molar-refractivity contribution in [2.45, 2.75) is 26.2 Å². The summed E-state index contributed by atoms with van der Waals surface area (Å²) < 4.78 is 0. The van der Waals surface area contributed by atoms with Gasteiger partial charge >= 0.3 is 5.69 Å². The van der Waals surface area contributed by atoms with E-state index >= 15 is 0 Å². The van der Waals surface area contributed by atoms with Crippen LogP contribution in [0.1, 0.15) is 26.3 Å². The number of aromatic nitrogens is 2. The summed E-state index contributed by atoms with van der Waals surface area (Å²) in [5.41, 5.74) is 1.76. The van der Waals surface area contributed by atoms with Crippen molar-refractivity contribution in [2.75, 3.05) is 0 Å². The molecule has 2 N–H and O–H groups in total. The number of benzene rings is 1. The van der Waals surface area contributed by atoms with Crippen molar-refractivity contribution < 1.29 is 0 Å². The molecule has 0 amide bonds. The SMILES string of the molecule is CC(C)(C)c1ccc(-c2cc(=O)[nH]c(=O)[nH]2)cc1. The van der Waals surface area contributed by atoms with Crippen LogP contribution in [0.2, 0.25) is 0 Å². The topological polar surface area (TPSA) is 65.7 Å². The van der Waals surface area contributed by atoms with E-state index in [1.54, 1.807) is 0 Å². The smallest absolute Gasteiger partial charge is 0.307 e. The van der Waals surface area contributed by atoms with E-state index in [4.69, 9.17) is 0 Å². The van der Waals surface area contributed by atoms with Crippen molar-refractivity contribution in [1.29, 1.82) is 0 Å². The Balaban J connectivity index is 2.47. The Morgan fingerprint density at radius 1 is 0.944 bits per heavy atom. The first-order valence-electron chi connectivity index (χ1n) is 5.81. The highest BCUT2D eigenvalue weighted by atomic mass is 16.2. The van der Waals surface area contributed by atoms with Gasteiger partial charge in [0.25, 0.3) is 5.56 Å². The summed E-state index contributed by atoms with van der Waals surface area (Å²) in [6.07, 6.45) is 0. The van der Waals surface area contributed by atoms with E-state index in [1.165, 1.54) is 11.6 Å². The molecule has 0 spiro atoms. The molecule has 4 nitrogen and oxygen atoms in total. The molecule has 0 aliphatic rings. The van der Waals surface area contributed by atoms with Crippen LogP contribution in [0.15, 0.2) is 39.9 Å². The van der Waals surface area contributed by atoms with Gasteiger partial charge in [0.1, 0.15) is 0 Å². The van der Waals surface area contributed by atoms with Crippen LogP contribution in [-0.4, -0.2) is 9.97 Å². The molecule has 0 atom stereocenters. The Hall–Kier alpha value is -2.10. The summed E-state index contributed by atoms with van der Waals surface area (Å²) in [5, 5.41) is 0. The lowest BCUT2D eigenvalue weighted by Gasteiger charge is -2.19. The van der Waals surface area contributed by atoms with Gasteiger partial charge in [-0.3, -0.25) is 9.78 Å². The Labute approximate surface area is 105 Å². The Bertz CT molecular complexity index is 629. The zero-order valence-corrected chi connectivity index (χ0v) is 10.7. The van der Waals surface area contributed by atoms with Crippen LogP contribution < -0.4 is 11.2 Å². The molecule has 0 aliphatic heterocycles. The molecule has 18 heavy (non-hydrogen) atoms. The highest BCUT2D eigenvalue weighted by Crippen LogP contribution is 2.24. The monoisotopic (exact) mass is 244 g/mol. The fourth-order valence-corrected chi connectivity index (χ4v) is 1.77. The lowest BCUT2D eigenvalue weighted by Crippen LogP contribution is -2.21. The first kappa shape index (κ1) is 12.4. The van der Waals surface area contributed by atoms with Crippen molar-refractivity contribution in [2.24, 2.45) is 0 Å². The van der Waals surface area contributed by atoms with Gasteiger partial charge in [0.05, 0.1) is 5.69 Å². The standard InChI is InChI=1S/C14H16N2O2/c1-14(2,3)10-6-4-9(5-7-10)11-8-12(17)16-13(18)15-11/h4-8H,1-3H3,(H2,15,16,17,18). The Morgan fingerprint density at radius 2 is 1.56 bits per heavy atom. The lowest BCUT2D eigenvalue weighted by molar-refractivity contribution is 0.590. The van der Waals surface area contributed by atoms with Gasteiger partial charge in [-0.15, -0.1) is 0 Å². The summed E-state index contributed by atoms with van der Waals surface area (Å²) >= 11 is 0. The van der Waals surface area contributed by atoms with E-state index in [0.29, 0.717) is 5.69 Å². The van der Waals surface area contributed by atoms with E-state index in [9.17, 15) is 9.59 Å². The second kappa shape index (κ2) is 4.29.